The molecule has 0 radical (unpaired) electrons. The lowest BCUT2D eigenvalue weighted by molar-refractivity contribution is 0.223. The molecule has 0 aliphatic carbocycles. The summed E-state index contributed by atoms with van der Waals surface area (Å²) in [5, 5.41) is 7.84. The molecule has 0 bridgehead atoms. The Balaban J connectivity index is 0.00000261. The molecule has 2 heterocycles. The van der Waals surface area contributed by atoms with Crippen LogP contribution in [-0.4, -0.2) is 55.6 Å². The van der Waals surface area contributed by atoms with E-state index >= 15 is 0 Å². The predicted octanol–water partition coefficient (Wildman–Crippen LogP) is 3.36. The van der Waals surface area contributed by atoms with Crippen LogP contribution in [0.25, 0.3) is 10.9 Å². The van der Waals surface area contributed by atoms with Crippen LogP contribution in [0.4, 0.5) is 4.39 Å². The molecule has 1 fully saturated rings. The zero-order chi connectivity index (χ0) is 18.4. The SMILES string of the molecule is CCNC(=NCC1CCN(C)CC1)NCCc1c[nH]c2cc(F)ccc12.I. The molecule has 7 heteroatoms. The van der Waals surface area contributed by atoms with Crippen molar-refractivity contribution >= 4 is 40.8 Å². The summed E-state index contributed by atoms with van der Waals surface area (Å²) in [6, 6.07) is 4.90. The van der Waals surface area contributed by atoms with E-state index in [-0.39, 0.29) is 29.8 Å². The fourth-order valence-corrected chi connectivity index (χ4v) is 3.49. The minimum atomic E-state index is -0.209. The lowest BCUT2D eigenvalue weighted by atomic mass is 9.97. The van der Waals surface area contributed by atoms with Crippen LogP contribution in [0, 0.1) is 11.7 Å². The highest BCUT2D eigenvalue weighted by atomic mass is 127. The topological polar surface area (TPSA) is 55.5 Å². The molecule has 1 aromatic heterocycles. The van der Waals surface area contributed by atoms with Crippen LogP contribution in [0.3, 0.4) is 0 Å². The van der Waals surface area contributed by atoms with Gasteiger partial charge in [-0.15, -0.1) is 24.0 Å². The lowest BCUT2D eigenvalue weighted by Gasteiger charge is -2.28. The van der Waals surface area contributed by atoms with Crippen LogP contribution in [-0.2, 0) is 6.42 Å². The molecule has 1 aromatic carbocycles. The third-order valence-corrected chi connectivity index (χ3v) is 5.11. The summed E-state index contributed by atoms with van der Waals surface area (Å²) in [4.78, 5) is 10.3. The largest absolute Gasteiger partial charge is 0.361 e. The van der Waals surface area contributed by atoms with E-state index in [9.17, 15) is 4.39 Å². The zero-order valence-corrected chi connectivity index (χ0v) is 18.6. The Bertz CT molecular complexity index is 737. The molecule has 0 atom stereocenters. The van der Waals surface area contributed by atoms with Gasteiger partial charge in [-0.05, 0) is 76.0 Å². The van der Waals surface area contributed by atoms with Gasteiger partial charge in [-0.2, -0.15) is 0 Å². The van der Waals surface area contributed by atoms with Crippen molar-refractivity contribution in [1.29, 1.82) is 0 Å². The van der Waals surface area contributed by atoms with Crippen molar-refractivity contribution < 1.29 is 4.39 Å². The molecular weight excluding hydrogens is 456 g/mol. The van der Waals surface area contributed by atoms with Gasteiger partial charge in [-0.25, -0.2) is 4.39 Å². The van der Waals surface area contributed by atoms with Gasteiger partial charge in [0.25, 0.3) is 0 Å². The molecule has 5 nitrogen and oxygen atoms in total. The van der Waals surface area contributed by atoms with Gasteiger partial charge in [-0.1, -0.05) is 0 Å². The molecule has 1 saturated heterocycles. The van der Waals surface area contributed by atoms with Gasteiger partial charge in [-0.3, -0.25) is 4.99 Å². The van der Waals surface area contributed by atoms with Crippen LogP contribution < -0.4 is 10.6 Å². The summed E-state index contributed by atoms with van der Waals surface area (Å²) in [5.74, 6) is 1.36. The molecule has 3 N–H and O–H groups in total. The van der Waals surface area contributed by atoms with E-state index in [0.29, 0.717) is 5.92 Å². The number of rotatable bonds is 6. The van der Waals surface area contributed by atoms with Gasteiger partial charge in [0, 0.05) is 36.7 Å². The predicted molar refractivity (Wildman–Crippen MR) is 122 cm³/mol. The van der Waals surface area contributed by atoms with Gasteiger partial charge in [0.1, 0.15) is 5.82 Å². The molecule has 0 unspecified atom stereocenters. The van der Waals surface area contributed by atoms with Crippen LogP contribution >= 0.6 is 24.0 Å². The first-order chi connectivity index (χ1) is 12.7. The zero-order valence-electron chi connectivity index (χ0n) is 16.2. The molecule has 1 aliphatic heterocycles. The number of H-pyrrole nitrogens is 1. The maximum absolute atomic E-state index is 13.3. The molecule has 150 valence electrons. The molecule has 3 rings (SSSR count). The summed E-state index contributed by atoms with van der Waals surface area (Å²) in [6.45, 7) is 6.96. The Labute approximate surface area is 178 Å². The van der Waals surface area contributed by atoms with Gasteiger partial charge in [0.05, 0.1) is 0 Å². The van der Waals surface area contributed by atoms with Crippen molar-refractivity contribution in [1.82, 2.24) is 20.5 Å². The second-order valence-electron chi connectivity index (χ2n) is 7.15. The number of hydrogen-bond donors (Lipinski definition) is 3. The van der Waals surface area contributed by atoms with Crippen LogP contribution in [0.5, 0.6) is 0 Å². The third kappa shape index (κ3) is 6.34. The molecule has 0 amide bonds. The second kappa shape index (κ2) is 10.8. The highest BCUT2D eigenvalue weighted by Crippen LogP contribution is 2.19. The summed E-state index contributed by atoms with van der Waals surface area (Å²) in [6.07, 6.45) is 5.29. The fourth-order valence-electron chi connectivity index (χ4n) is 3.49. The van der Waals surface area contributed by atoms with E-state index in [1.54, 1.807) is 6.07 Å². The molecular formula is C20H31FIN5. The highest BCUT2D eigenvalue weighted by molar-refractivity contribution is 14.0. The monoisotopic (exact) mass is 487 g/mol. The molecule has 2 aromatic rings. The van der Waals surface area contributed by atoms with Gasteiger partial charge in [0.15, 0.2) is 5.96 Å². The maximum atomic E-state index is 13.3. The molecule has 0 spiro atoms. The van der Waals surface area contributed by atoms with Crippen LogP contribution in [0.15, 0.2) is 29.4 Å². The third-order valence-electron chi connectivity index (χ3n) is 5.11. The number of halogens is 2. The van der Waals surface area contributed by atoms with Crippen molar-refractivity contribution in [2.75, 3.05) is 39.8 Å². The first kappa shape index (κ1) is 21.9. The van der Waals surface area contributed by atoms with Crippen molar-refractivity contribution in [2.24, 2.45) is 10.9 Å². The Morgan fingerprint density at radius 2 is 2.07 bits per heavy atom. The Morgan fingerprint density at radius 3 is 2.81 bits per heavy atom. The number of aromatic nitrogens is 1. The van der Waals surface area contributed by atoms with Crippen molar-refractivity contribution in [3.8, 4) is 0 Å². The Kier molecular flexibility index (Phi) is 8.82. The normalized spacial score (nSPS) is 16.3. The van der Waals surface area contributed by atoms with Crippen molar-refractivity contribution in [3.05, 3.63) is 35.8 Å². The standard InChI is InChI=1S/C20H30FN5.HI/c1-3-22-20(25-13-15-7-10-26(2)11-8-15)23-9-6-16-14-24-19-12-17(21)4-5-18(16)19;/h4-5,12,14-15,24H,3,6-11,13H2,1-2H3,(H2,22,23,25);1H. The first-order valence-electron chi connectivity index (χ1n) is 9.62. The van der Waals surface area contributed by atoms with E-state index < -0.39 is 0 Å². The smallest absolute Gasteiger partial charge is 0.191 e. The summed E-state index contributed by atoms with van der Waals surface area (Å²) < 4.78 is 13.3. The van der Waals surface area contributed by atoms with Gasteiger partial charge >= 0.3 is 0 Å². The van der Waals surface area contributed by atoms with Gasteiger partial charge in [0.2, 0.25) is 0 Å². The minimum absolute atomic E-state index is 0. The number of aromatic amines is 1. The minimum Gasteiger partial charge on any atom is -0.361 e. The number of nitrogens with one attached hydrogen (secondary N) is 3. The van der Waals surface area contributed by atoms with E-state index in [0.717, 1.165) is 42.9 Å². The number of piperidine rings is 1. The molecule has 0 saturated carbocycles. The fraction of sp³-hybridized carbons (Fsp3) is 0.550. The Hall–Kier alpha value is -1.35. The summed E-state index contributed by atoms with van der Waals surface area (Å²) in [5.41, 5.74) is 2.04. The number of aliphatic imine (C=N–C) groups is 1. The van der Waals surface area contributed by atoms with Gasteiger partial charge < -0.3 is 20.5 Å². The van der Waals surface area contributed by atoms with E-state index in [1.807, 2.05) is 12.3 Å². The van der Waals surface area contributed by atoms with Crippen LogP contribution in [0.1, 0.15) is 25.3 Å². The number of benzene rings is 1. The first-order valence-corrected chi connectivity index (χ1v) is 9.62. The highest BCUT2D eigenvalue weighted by Gasteiger charge is 2.16. The van der Waals surface area contributed by atoms with E-state index in [4.69, 9.17) is 4.99 Å². The number of fused-ring (bicyclic) bond motifs is 1. The molecule has 1 aliphatic rings. The number of likely N-dealkylation sites (tertiary alicyclic amines) is 1. The van der Waals surface area contributed by atoms with E-state index in [2.05, 4.69) is 34.5 Å². The maximum Gasteiger partial charge on any atom is 0.191 e. The van der Waals surface area contributed by atoms with E-state index in [1.165, 1.54) is 37.6 Å². The lowest BCUT2D eigenvalue weighted by Crippen LogP contribution is -2.39. The summed E-state index contributed by atoms with van der Waals surface area (Å²) in [7, 11) is 2.18. The van der Waals surface area contributed by atoms with Crippen molar-refractivity contribution in [2.45, 2.75) is 26.2 Å². The second-order valence-corrected chi connectivity index (χ2v) is 7.15. The number of hydrogen-bond acceptors (Lipinski definition) is 2. The van der Waals surface area contributed by atoms with Crippen molar-refractivity contribution in [3.63, 3.8) is 0 Å². The summed E-state index contributed by atoms with van der Waals surface area (Å²) >= 11 is 0. The van der Waals surface area contributed by atoms with Crippen LogP contribution in [0.2, 0.25) is 0 Å². The number of guanidine groups is 1. The Morgan fingerprint density at radius 1 is 1.30 bits per heavy atom. The quantitative estimate of drug-likeness (QED) is 0.333. The molecule has 27 heavy (non-hydrogen) atoms. The average Bonchev–Trinajstić information content (AvgIpc) is 3.03. The average molecular weight is 487 g/mol. The number of nitrogens with zero attached hydrogens (tertiary/aromatic N) is 2.